The van der Waals surface area contributed by atoms with Crippen molar-refractivity contribution in [3.8, 4) is 0 Å². The number of piperazine rings is 1. The molecule has 118 valence electrons. The molecular weight excluding hydrogens is 270 g/mol. The third-order valence-electron chi connectivity index (χ3n) is 4.02. The second-order valence-electron chi connectivity index (χ2n) is 6.91. The normalized spacial score (nSPS) is 20.2. The number of hydrogen-bond donors (Lipinski definition) is 1. The van der Waals surface area contributed by atoms with Crippen molar-refractivity contribution < 1.29 is 14.4 Å². The molecule has 2 fully saturated rings. The van der Waals surface area contributed by atoms with E-state index in [9.17, 15) is 14.4 Å². The fourth-order valence-electron chi connectivity index (χ4n) is 2.46. The zero-order chi connectivity index (χ0) is 15.6. The van der Waals surface area contributed by atoms with E-state index >= 15 is 0 Å². The van der Waals surface area contributed by atoms with E-state index in [1.807, 2.05) is 0 Å². The standard InChI is InChI=1S/C15H25N3O3/c1-15(2,3)13(20)14(21)16-10-12(19)18-8-6-17(7-9-18)11-4-5-11/h11H,4-10H2,1-3H3,(H,16,21). The number of amides is 2. The quantitative estimate of drug-likeness (QED) is 0.743. The molecule has 0 atom stereocenters. The highest BCUT2D eigenvalue weighted by Crippen LogP contribution is 2.27. The van der Waals surface area contributed by atoms with Crippen molar-refractivity contribution in [1.29, 1.82) is 0 Å². The molecule has 0 spiro atoms. The predicted molar refractivity (Wildman–Crippen MR) is 78.6 cm³/mol. The molecule has 1 saturated heterocycles. The number of ketones is 1. The molecule has 0 radical (unpaired) electrons. The van der Waals surface area contributed by atoms with Crippen molar-refractivity contribution in [3.05, 3.63) is 0 Å². The molecule has 1 saturated carbocycles. The van der Waals surface area contributed by atoms with E-state index in [1.165, 1.54) is 12.8 Å². The van der Waals surface area contributed by atoms with Crippen molar-refractivity contribution >= 4 is 17.6 Å². The number of rotatable bonds is 4. The van der Waals surface area contributed by atoms with Crippen LogP contribution >= 0.6 is 0 Å². The molecular formula is C15H25N3O3. The van der Waals surface area contributed by atoms with Gasteiger partial charge >= 0.3 is 0 Å². The average molecular weight is 295 g/mol. The van der Waals surface area contributed by atoms with Gasteiger partial charge in [-0.15, -0.1) is 0 Å². The average Bonchev–Trinajstić information content (AvgIpc) is 3.27. The molecule has 21 heavy (non-hydrogen) atoms. The molecule has 0 aromatic rings. The molecule has 0 aromatic carbocycles. The third-order valence-corrected chi connectivity index (χ3v) is 4.02. The summed E-state index contributed by atoms with van der Waals surface area (Å²) < 4.78 is 0. The monoisotopic (exact) mass is 295 g/mol. The Balaban J connectivity index is 1.72. The zero-order valence-electron chi connectivity index (χ0n) is 13.1. The molecule has 0 bridgehead atoms. The number of hydrogen-bond acceptors (Lipinski definition) is 4. The minimum Gasteiger partial charge on any atom is -0.340 e. The molecule has 2 aliphatic rings. The number of nitrogens with one attached hydrogen (secondary N) is 1. The summed E-state index contributed by atoms with van der Waals surface area (Å²) in [7, 11) is 0. The van der Waals surface area contributed by atoms with Gasteiger partial charge in [-0.25, -0.2) is 0 Å². The number of carbonyl (C=O) groups excluding carboxylic acids is 3. The summed E-state index contributed by atoms with van der Waals surface area (Å²) in [5, 5.41) is 2.44. The van der Waals surface area contributed by atoms with Crippen LogP contribution in [-0.4, -0.2) is 66.2 Å². The topological polar surface area (TPSA) is 69.7 Å². The van der Waals surface area contributed by atoms with Gasteiger partial charge in [0.05, 0.1) is 6.54 Å². The summed E-state index contributed by atoms with van der Waals surface area (Å²) in [6, 6.07) is 0.728. The van der Waals surface area contributed by atoms with Crippen LogP contribution in [0.1, 0.15) is 33.6 Å². The highest BCUT2D eigenvalue weighted by Gasteiger charge is 2.33. The molecule has 6 heteroatoms. The predicted octanol–water partition coefficient (Wildman–Crippen LogP) is 0.0244. The van der Waals surface area contributed by atoms with Crippen molar-refractivity contribution in [3.63, 3.8) is 0 Å². The third kappa shape index (κ3) is 4.27. The first-order valence-electron chi connectivity index (χ1n) is 7.63. The molecule has 1 aliphatic heterocycles. The van der Waals surface area contributed by atoms with E-state index in [4.69, 9.17) is 0 Å². The molecule has 1 aliphatic carbocycles. The maximum Gasteiger partial charge on any atom is 0.288 e. The van der Waals surface area contributed by atoms with Gasteiger partial charge in [-0.1, -0.05) is 20.8 Å². The number of carbonyl (C=O) groups is 3. The molecule has 1 N–H and O–H groups in total. The van der Waals surface area contributed by atoms with E-state index in [-0.39, 0.29) is 12.5 Å². The van der Waals surface area contributed by atoms with Gasteiger partial charge in [0.25, 0.3) is 5.91 Å². The van der Waals surface area contributed by atoms with Crippen LogP contribution in [0.5, 0.6) is 0 Å². The van der Waals surface area contributed by atoms with Gasteiger partial charge in [0.1, 0.15) is 0 Å². The van der Waals surface area contributed by atoms with Crippen LogP contribution in [-0.2, 0) is 14.4 Å². The first-order valence-corrected chi connectivity index (χ1v) is 7.63. The lowest BCUT2D eigenvalue weighted by molar-refractivity contribution is -0.143. The summed E-state index contributed by atoms with van der Waals surface area (Å²) >= 11 is 0. The minimum atomic E-state index is -0.719. The van der Waals surface area contributed by atoms with Gasteiger partial charge in [0.15, 0.2) is 0 Å². The van der Waals surface area contributed by atoms with Crippen LogP contribution < -0.4 is 5.32 Å². The second kappa shape index (κ2) is 6.13. The zero-order valence-corrected chi connectivity index (χ0v) is 13.1. The minimum absolute atomic E-state index is 0.0932. The van der Waals surface area contributed by atoms with E-state index in [1.54, 1.807) is 25.7 Å². The van der Waals surface area contributed by atoms with Gasteiger partial charge in [-0.05, 0) is 12.8 Å². The summed E-state index contributed by atoms with van der Waals surface area (Å²) in [6.07, 6.45) is 2.55. The van der Waals surface area contributed by atoms with Crippen LogP contribution in [0.15, 0.2) is 0 Å². The molecule has 2 rings (SSSR count). The van der Waals surface area contributed by atoms with Gasteiger partial charge in [0, 0.05) is 37.6 Å². The van der Waals surface area contributed by atoms with Crippen LogP contribution in [0.25, 0.3) is 0 Å². The van der Waals surface area contributed by atoms with Crippen molar-refractivity contribution in [2.45, 2.75) is 39.7 Å². The first-order chi connectivity index (χ1) is 9.79. The number of nitrogens with zero attached hydrogens (tertiary/aromatic N) is 2. The summed E-state index contributed by atoms with van der Waals surface area (Å²) in [6.45, 7) is 8.20. The molecule has 2 amide bonds. The second-order valence-corrected chi connectivity index (χ2v) is 6.91. The maximum absolute atomic E-state index is 12.0. The highest BCUT2D eigenvalue weighted by molar-refractivity contribution is 6.38. The van der Waals surface area contributed by atoms with Crippen molar-refractivity contribution in [1.82, 2.24) is 15.1 Å². The van der Waals surface area contributed by atoms with Gasteiger partial charge in [-0.3, -0.25) is 19.3 Å². The van der Waals surface area contributed by atoms with Crippen molar-refractivity contribution in [2.75, 3.05) is 32.7 Å². The van der Waals surface area contributed by atoms with E-state index in [0.717, 1.165) is 19.1 Å². The van der Waals surface area contributed by atoms with Crippen molar-refractivity contribution in [2.24, 2.45) is 5.41 Å². The lowest BCUT2D eigenvalue weighted by atomic mass is 9.90. The molecule has 1 heterocycles. The largest absolute Gasteiger partial charge is 0.340 e. The summed E-state index contributed by atoms with van der Waals surface area (Å²) in [5.74, 6) is -1.28. The Morgan fingerprint density at radius 1 is 1.05 bits per heavy atom. The van der Waals surface area contributed by atoms with E-state index in [2.05, 4.69) is 10.2 Å². The Morgan fingerprint density at radius 3 is 2.10 bits per heavy atom. The Hall–Kier alpha value is -1.43. The summed E-state index contributed by atoms with van der Waals surface area (Å²) in [5.41, 5.74) is -0.719. The lowest BCUT2D eigenvalue weighted by Gasteiger charge is -2.34. The highest BCUT2D eigenvalue weighted by atomic mass is 16.2. The van der Waals surface area contributed by atoms with E-state index < -0.39 is 17.1 Å². The Morgan fingerprint density at radius 2 is 1.62 bits per heavy atom. The first kappa shape index (κ1) is 15.9. The summed E-state index contributed by atoms with van der Waals surface area (Å²) in [4.78, 5) is 39.7. The smallest absolute Gasteiger partial charge is 0.288 e. The Labute approximate surface area is 125 Å². The lowest BCUT2D eigenvalue weighted by Crippen LogP contribution is -2.52. The Bertz CT molecular complexity index is 430. The fourth-order valence-corrected chi connectivity index (χ4v) is 2.46. The fraction of sp³-hybridized carbons (Fsp3) is 0.800. The number of Topliss-reactive ketones (excluding diaryl/α,β-unsaturated/α-hetero) is 1. The Kier molecular flexibility index (Phi) is 4.66. The van der Waals surface area contributed by atoms with Gasteiger partial charge in [0.2, 0.25) is 11.7 Å². The molecule has 0 aromatic heterocycles. The maximum atomic E-state index is 12.0. The van der Waals surface area contributed by atoms with Crippen LogP contribution in [0, 0.1) is 5.41 Å². The molecule has 6 nitrogen and oxygen atoms in total. The SMILES string of the molecule is CC(C)(C)C(=O)C(=O)NCC(=O)N1CCN(C2CC2)CC1. The van der Waals surface area contributed by atoms with Crippen LogP contribution in [0.2, 0.25) is 0 Å². The molecule has 0 unspecified atom stereocenters. The van der Waals surface area contributed by atoms with E-state index in [0.29, 0.717) is 13.1 Å². The van der Waals surface area contributed by atoms with Gasteiger partial charge in [-0.2, -0.15) is 0 Å². The van der Waals surface area contributed by atoms with Crippen LogP contribution in [0.3, 0.4) is 0 Å². The van der Waals surface area contributed by atoms with Crippen LogP contribution in [0.4, 0.5) is 0 Å². The van der Waals surface area contributed by atoms with Gasteiger partial charge < -0.3 is 10.2 Å².